The van der Waals surface area contributed by atoms with E-state index < -0.39 is 6.10 Å². The number of hydrogen-bond donors (Lipinski definition) is 3. The lowest BCUT2D eigenvalue weighted by molar-refractivity contribution is -0.142. The molecule has 0 unspecified atom stereocenters. The van der Waals surface area contributed by atoms with Crippen molar-refractivity contribution in [3.05, 3.63) is 83.9 Å². The van der Waals surface area contributed by atoms with Gasteiger partial charge in [0.2, 0.25) is 11.8 Å². The first-order valence-electron chi connectivity index (χ1n) is 12.8. The molecule has 1 saturated heterocycles. The van der Waals surface area contributed by atoms with Crippen LogP contribution >= 0.6 is 0 Å². The Bertz CT molecular complexity index is 1260. The predicted octanol–water partition coefficient (Wildman–Crippen LogP) is 3.64. The van der Waals surface area contributed by atoms with Gasteiger partial charge in [0.15, 0.2) is 0 Å². The number of hydrogen-bond acceptors (Lipinski definition) is 6. The van der Waals surface area contributed by atoms with Gasteiger partial charge < -0.3 is 30.0 Å². The SMILES string of the molecule is COCC(=O)Nc1ccc2c(c1)[C@H]1C[C@@H](CC(=O)NCc3ccc(-c4ccccc4)cc3)O[C@H](CO)[C@H]1O2. The lowest BCUT2D eigenvalue weighted by Gasteiger charge is -2.37. The van der Waals surface area contributed by atoms with Crippen LogP contribution in [0, 0.1) is 0 Å². The number of aliphatic hydroxyl groups is 1. The molecule has 2 amide bonds. The zero-order valence-corrected chi connectivity index (χ0v) is 21.3. The molecule has 1 fully saturated rings. The molecular weight excluding hydrogens is 484 g/mol. The Morgan fingerprint density at radius 2 is 1.76 bits per heavy atom. The van der Waals surface area contributed by atoms with Gasteiger partial charge in [0.1, 0.15) is 24.6 Å². The summed E-state index contributed by atoms with van der Waals surface area (Å²) in [4.78, 5) is 24.7. The summed E-state index contributed by atoms with van der Waals surface area (Å²) in [7, 11) is 1.47. The Balaban J connectivity index is 1.19. The highest BCUT2D eigenvalue weighted by Gasteiger charge is 2.46. The minimum atomic E-state index is -0.545. The zero-order valence-electron chi connectivity index (χ0n) is 21.3. The van der Waals surface area contributed by atoms with Crippen LogP contribution < -0.4 is 15.4 Å². The number of amides is 2. The monoisotopic (exact) mass is 516 g/mol. The van der Waals surface area contributed by atoms with Gasteiger partial charge in [-0.15, -0.1) is 0 Å². The number of ether oxygens (including phenoxy) is 3. The zero-order chi connectivity index (χ0) is 26.5. The van der Waals surface area contributed by atoms with Gasteiger partial charge in [-0.1, -0.05) is 54.6 Å². The largest absolute Gasteiger partial charge is 0.487 e. The van der Waals surface area contributed by atoms with Crippen molar-refractivity contribution < 1.29 is 28.9 Å². The first kappa shape index (κ1) is 25.9. The normalized spacial score (nSPS) is 21.6. The minimum absolute atomic E-state index is 0.0333. The van der Waals surface area contributed by atoms with E-state index in [-0.39, 0.29) is 49.6 Å². The molecule has 3 aromatic carbocycles. The summed E-state index contributed by atoms with van der Waals surface area (Å²) in [5.41, 5.74) is 4.88. The Hall–Kier alpha value is -3.72. The van der Waals surface area contributed by atoms with E-state index in [2.05, 4.69) is 34.9 Å². The quantitative estimate of drug-likeness (QED) is 0.401. The van der Waals surface area contributed by atoms with E-state index >= 15 is 0 Å². The summed E-state index contributed by atoms with van der Waals surface area (Å²) < 4.78 is 17.1. The number of carbonyl (C=O) groups is 2. The summed E-state index contributed by atoms with van der Waals surface area (Å²) in [5, 5.41) is 15.8. The fourth-order valence-electron chi connectivity index (χ4n) is 5.22. The highest BCUT2D eigenvalue weighted by atomic mass is 16.6. The minimum Gasteiger partial charge on any atom is -0.487 e. The molecule has 0 radical (unpaired) electrons. The molecule has 8 heteroatoms. The standard InChI is InChI=1S/C30H32N2O6/c1-36-18-29(35)32-22-11-12-26-24(13-22)25-14-23(37-27(17-33)30(25)38-26)15-28(34)31-16-19-7-9-21(10-8-19)20-5-3-2-4-6-20/h2-13,23,25,27,30,33H,14-18H2,1H3,(H,31,34)(H,32,35)/t23-,25+,27+,30-/m0/s1. The molecule has 2 aliphatic heterocycles. The molecule has 4 atom stereocenters. The highest BCUT2D eigenvalue weighted by Crippen LogP contribution is 2.47. The number of nitrogens with one attached hydrogen (secondary N) is 2. The van der Waals surface area contributed by atoms with Crippen molar-refractivity contribution in [2.45, 2.75) is 43.6 Å². The van der Waals surface area contributed by atoms with Crippen molar-refractivity contribution in [2.75, 3.05) is 25.6 Å². The summed E-state index contributed by atoms with van der Waals surface area (Å²) >= 11 is 0. The highest BCUT2D eigenvalue weighted by molar-refractivity contribution is 5.92. The fourth-order valence-corrected chi connectivity index (χ4v) is 5.22. The molecule has 3 aromatic rings. The third kappa shape index (κ3) is 5.88. The molecule has 38 heavy (non-hydrogen) atoms. The maximum Gasteiger partial charge on any atom is 0.250 e. The van der Waals surface area contributed by atoms with Crippen LogP contribution in [-0.4, -0.2) is 55.6 Å². The van der Waals surface area contributed by atoms with Crippen molar-refractivity contribution >= 4 is 17.5 Å². The number of fused-ring (bicyclic) bond motifs is 3. The molecule has 8 nitrogen and oxygen atoms in total. The van der Waals surface area contributed by atoms with Crippen molar-refractivity contribution in [1.82, 2.24) is 5.32 Å². The number of benzene rings is 3. The maximum absolute atomic E-state index is 12.8. The van der Waals surface area contributed by atoms with Gasteiger partial charge in [-0.2, -0.15) is 0 Å². The second kappa shape index (κ2) is 11.8. The topological polar surface area (TPSA) is 106 Å². The third-order valence-electron chi connectivity index (χ3n) is 7.02. The summed E-state index contributed by atoms with van der Waals surface area (Å²) in [6.45, 7) is 0.180. The third-order valence-corrected chi connectivity index (χ3v) is 7.02. The Morgan fingerprint density at radius 1 is 1.00 bits per heavy atom. The lowest BCUT2D eigenvalue weighted by atomic mass is 9.84. The molecule has 0 aromatic heterocycles. The van der Waals surface area contributed by atoms with Gasteiger partial charge in [-0.25, -0.2) is 0 Å². The van der Waals surface area contributed by atoms with E-state index in [0.717, 1.165) is 22.3 Å². The second-order valence-electron chi connectivity index (χ2n) is 9.68. The van der Waals surface area contributed by atoms with Crippen LogP contribution in [0.4, 0.5) is 5.69 Å². The maximum atomic E-state index is 12.8. The van der Waals surface area contributed by atoms with E-state index in [1.165, 1.54) is 7.11 Å². The van der Waals surface area contributed by atoms with Gasteiger partial charge in [0, 0.05) is 30.8 Å². The van der Waals surface area contributed by atoms with E-state index in [9.17, 15) is 14.7 Å². The molecule has 0 aliphatic carbocycles. The lowest BCUT2D eigenvalue weighted by Crippen LogP contribution is -2.47. The first-order chi connectivity index (χ1) is 18.5. The van der Waals surface area contributed by atoms with Gasteiger partial charge in [-0.3, -0.25) is 9.59 Å². The van der Waals surface area contributed by atoms with Crippen LogP contribution in [0.15, 0.2) is 72.8 Å². The van der Waals surface area contributed by atoms with Crippen LogP contribution in [0.25, 0.3) is 11.1 Å². The van der Waals surface area contributed by atoms with Crippen molar-refractivity contribution in [1.29, 1.82) is 0 Å². The number of carbonyl (C=O) groups excluding carboxylic acids is 2. The number of rotatable bonds is 9. The second-order valence-corrected chi connectivity index (χ2v) is 9.68. The van der Waals surface area contributed by atoms with Gasteiger partial charge >= 0.3 is 0 Å². The van der Waals surface area contributed by atoms with Crippen LogP contribution in [0.2, 0.25) is 0 Å². The number of anilines is 1. The molecule has 2 heterocycles. The molecule has 5 rings (SSSR count). The van der Waals surface area contributed by atoms with Gasteiger partial charge in [-0.05, 0) is 41.3 Å². The predicted molar refractivity (Wildman–Crippen MR) is 143 cm³/mol. The van der Waals surface area contributed by atoms with Crippen molar-refractivity contribution in [3.8, 4) is 16.9 Å². The van der Waals surface area contributed by atoms with Crippen molar-refractivity contribution in [2.24, 2.45) is 0 Å². The molecular formula is C30H32N2O6. The van der Waals surface area contributed by atoms with Gasteiger partial charge in [0.05, 0.1) is 19.1 Å². The smallest absolute Gasteiger partial charge is 0.250 e. The number of methoxy groups -OCH3 is 1. The Morgan fingerprint density at radius 3 is 2.50 bits per heavy atom. The molecule has 3 N–H and O–H groups in total. The Labute approximate surface area is 221 Å². The van der Waals surface area contributed by atoms with E-state index in [1.54, 1.807) is 6.07 Å². The van der Waals surface area contributed by atoms with E-state index in [0.29, 0.717) is 24.4 Å². The van der Waals surface area contributed by atoms with Crippen molar-refractivity contribution in [3.63, 3.8) is 0 Å². The van der Waals surface area contributed by atoms with E-state index in [1.807, 2.05) is 42.5 Å². The van der Waals surface area contributed by atoms with Crippen LogP contribution in [-0.2, 0) is 25.6 Å². The summed E-state index contributed by atoms with van der Waals surface area (Å²) in [5.74, 6) is 0.290. The summed E-state index contributed by atoms with van der Waals surface area (Å²) in [6, 6.07) is 23.8. The molecule has 0 saturated carbocycles. The fraction of sp³-hybridized carbons (Fsp3) is 0.333. The van der Waals surface area contributed by atoms with E-state index in [4.69, 9.17) is 14.2 Å². The molecule has 0 bridgehead atoms. The molecule has 0 spiro atoms. The summed E-state index contributed by atoms with van der Waals surface area (Å²) in [6.07, 6.45) is -0.502. The van der Waals surface area contributed by atoms with Crippen LogP contribution in [0.1, 0.15) is 29.9 Å². The van der Waals surface area contributed by atoms with Crippen LogP contribution in [0.5, 0.6) is 5.75 Å². The van der Waals surface area contributed by atoms with Crippen LogP contribution in [0.3, 0.4) is 0 Å². The molecule has 2 aliphatic rings. The number of aliphatic hydroxyl groups excluding tert-OH is 1. The molecule has 198 valence electrons. The average Bonchev–Trinajstić information content (AvgIpc) is 3.30. The average molecular weight is 517 g/mol. The van der Waals surface area contributed by atoms with Gasteiger partial charge in [0.25, 0.3) is 0 Å². The Kier molecular flexibility index (Phi) is 8.03. The first-order valence-corrected chi connectivity index (χ1v) is 12.8.